The molecule has 0 amide bonds. The van der Waals surface area contributed by atoms with Crippen molar-refractivity contribution in [2.24, 2.45) is 5.92 Å². The molecule has 1 atom stereocenters. The molecule has 0 aliphatic heterocycles. The van der Waals surface area contributed by atoms with Crippen LogP contribution in [0.3, 0.4) is 0 Å². The summed E-state index contributed by atoms with van der Waals surface area (Å²) < 4.78 is 0. The second kappa shape index (κ2) is 6.53. The van der Waals surface area contributed by atoms with Gasteiger partial charge >= 0.3 is 0 Å². The molecule has 1 aliphatic rings. The number of rotatable bonds is 3. The first-order valence-electron chi connectivity index (χ1n) is 6.70. The molecule has 0 radical (unpaired) electrons. The SMILES string of the molecule is CC(C)C(C)BC1CCCCCCC1. The van der Waals surface area contributed by atoms with E-state index >= 15 is 0 Å². The van der Waals surface area contributed by atoms with E-state index in [1.165, 1.54) is 52.2 Å². The predicted octanol–water partition coefficient (Wildman–Crippen LogP) is 4.42. The predicted molar refractivity (Wildman–Crippen MR) is 67.5 cm³/mol. The molecular weight excluding hydrogens is 167 g/mol. The summed E-state index contributed by atoms with van der Waals surface area (Å²) >= 11 is 0. The van der Waals surface area contributed by atoms with Gasteiger partial charge in [-0.05, 0) is 0 Å². The zero-order valence-corrected chi connectivity index (χ0v) is 10.4. The molecule has 1 rings (SSSR count). The second-order valence-corrected chi connectivity index (χ2v) is 5.67. The Morgan fingerprint density at radius 1 is 0.857 bits per heavy atom. The van der Waals surface area contributed by atoms with Crippen LogP contribution >= 0.6 is 0 Å². The van der Waals surface area contributed by atoms with E-state index in [1.807, 2.05) is 0 Å². The minimum Gasteiger partial charge on any atom is -0.0691 e. The van der Waals surface area contributed by atoms with E-state index in [4.69, 9.17) is 0 Å². The molecule has 0 bridgehead atoms. The fourth-order valence-corrected chi connectivity index (χ4v) is 2.57. The van der Waals surface area contributed by atoms with Crippen molar-refractivity contribution in [2.45, 2.75) is 77.4 Å². The van der Waals surface area contributed by atoms with E-state index in [9.17, 15) is 0 Å². The molecule has 1 saturated carbocycles. The third-order valence-electron chi connectivity index (χ3n) is 4.07. The van der Waals surface area contributed by atoms with E-state index in [2.05, 4.69) is 20.8 Å². The highest BCUT2D eigenvalue weighted by Gasteiger charge is 2.18. The fraction of sp³-hybridized carbons (Fsp3) is 1.00. The number of hydrogen-bond acceptors (Lipinski definition) is 0. The molecule has 0 spiro atoms. The maximum atomic E-state index is 2.43. The Morgan fingerprint density at radius 2 is 1.36 bits per heavy atom. The third-order valence-corrected chi connectivity index (χ3v) is 4.07. The topological polar surface area (TPSA) is 0 Å². The quantitative estimate of drug-likeness (QED) is 0.583. The zero-order chi connectivity index (χ0) is 10.4. The van der Waals surface area contributed by atoms with Gasteiger partial charge in [0.25, 0.3) is 0 Å². The molecule has 0 aromatic rings. The van der Waals surface area contributed by atoms with Crippen LogP contribution in [-0.4, -0.2) is 7.28 Å². The lowest BCUT2D eigenvalue weighted by Gasteiger charge is -2.23. The van der Waals surface area contributed by atoms with Gasteiger partial charge in [0.05, 0.1) is 0 Å². The Hall–Kier alpha value is 0.0649. The zero-order valence-electron chi connectivity index (χ0n) is 10.4. The minimum absolute atomic E-state index is 0.875. The number of hydrogen-bond donors (Lipinski definition) is 0. The highest BCUT2D eigenvalue weighted by molar-refractivity contribution is 6.39. The van der Waals surface area contributed by atoms with Gasteiger partial charge < -0.3 is 0 Å². The highest BCUT2D eigenvalue weighted by Crippen LogP contribution is 2.30. The molecule has 0 N–H and O–H groups in total. The molecular formula is C13H27B. The average molecular weight is 194 g/mol. The van der Waals surface area contributed by atoms with Gasteiger partial charge in [-0.15, -0.1) is 0 Å². The average Bonchev–Trinajstić information content (AvgIpc) is 2.08. The van der Waals surface area contributed by atoms with Gasteiger partial charge in [0.1, 0.15) is 7.28 Å². The molecule has 0 aromatic carbocycles. The minimum atomic E-state index is 0.875. The molecule has 82 valence electrons. The standard InChI is InChI=1S/C13H27B/c1-11(2)12(3)14-13-9-7-5-4-6-8-10-13/h11-14H,4-10H2,1-3H3. The molecule has 1 fully saturated rings. The normalized spacial score (nSPS) is 22.9. The first-order valence-corrected chi connectivity index (χ1v) is 6.70. The van der Waals surface area contributed by atoms with Crippen molar-refractivity contribution in [2.75, 3.05) is 0 Å². The Balaban J connectivity index is 2.26. The van der Waals surface area contributed by atoms with Crippen molar-refractivity contribution < 1.29 is 0 Å². The van der Waals surface area contributed by atoms with Gasteiger partial charge in [-0.3, -0.25) is 0 Å². The Morgan fingerprint density at radius 3 is 1.86 bits per heavy atom. The summed E-state index contributed by atoms with van der Waals surface area (Å²) in [7, 11) is 1.48. The Bertz CT molecular complexity index is 134. The van der Waals surface area contributed by atoms with E-state index in [0.29, 0.717) is 0 Å². The Labute approximate surface area is 91.1 Å². The van der Waals surface area contributed by atoms with Crippen LogP contribution in [0.4, 0.5) is 0 Å². The van der Waals surface area contributed by atoms with Crippen molar-refractivity contribution in [1.82, 2.24) is 0 Å². The van der Waals surface area contributed by atoms with Crippen LogP contribution < -0.4 is 0 Å². The molecule has 1 heteroatoms. The highest BCUT2D eigenvalue weighted by atomic mass is 14.1. The van der Waals surface area contributed by atoms with E-state index < -0.39 is 0 Å². The van der Waals surface area contributed by atoms with Crippen molar-refractivity contribution in [1.29, 1.82) is 0 Å². The van der Waals surface area contributed by atoms with Crippen LogP contribution in [0.2, 0.25) is 11.6 Å². The van der Waals surface area contributed by atoms with Gasteiger partial charge in [-0.1, -0.05) is 83.3 Å². The van der Waals surface area contributed by atoms with Crippen LogP contribution in [0.5, 0.6) is 0 Å². The van der Waals surface area contributed by atoms with Crippen molar-refractivity contribution >= 4 is 7.28 Å². The van der Waals surface area contributed by atoms with Crippen molar-refractivity contribution in [3.8, 4) is 0 Å². The van der Waals surface area contributed by atoms with E-state index in [-0.39, 0.29) is 0 Å². The van der Waals surface area contributed by atoms with Crippen LogP contribution in [0.25, 0.3) is 0 Å². The maximum absolute atomic E-state index is 2.43. The summed E-state index contributed by atoms with van der Waals surface area (Å²) in [5.74, 6) is 2.85. The molecule has 1 unspecified atom stereocenters. The summed E-state index contributed by atoms with van der Waals surface area (Å²) in [6.45, 7) is 7.17. The first kappa shape index (κ1) is 12.1. The van der Waals surface area contributed by atoms with E-state index in [0.717, 1.165) is 17.6 Å². The fourth-order valence-electron chi connectivity index (χ4n) is 2.57. The van der Waals surface area contributed by atoms with Crippen LogP contribution in [-0.2, 0) is 0 Å². The molecule has 0 saturated heterocycles. The summed E-state index contributed by atoms with van der Waals surface area (Å²) in [4.78, 5) is 0. The van der Waals surface area contributed by atoms with Gasteiger partial charge in [0.15, 0.2) is 0 Å². The van der Waals surface area contributed by atoms with Gasteiger partial charge in [0.2, 0.25) is 0 Å². The summed E-state index contributed by atoms with van der Waals surface area (Å²) in [6, 6.07) is 0. The van der Waals surface area contributed by atoms with Crippen LogP contribution in [0, 0.1) is 5.92 Å². The third kappa shape index (κ3) is 4.53. The molecule has 14 heavy (non-hydrogen) atoms. The smallest absolute Gasteiger partial charge is 0.0691 e. The van der Waals surface area contributed by atoms with Gasteiger partial charge in [0, 0.05) is 0 Å². The summed E-state index contributed by atoms with van der Waals surface area (Å²) in [5, 5.41) is 0. The largest absolute Gasteiger partial charge is 0.127 e. The van der Waals surface area contributed by atoms with Crippen molar-refractivity contribution in [3.63, 3.8) is 0 Å². The van der Waals surface area contributed by atoms with Gasteiger partial charge in [-0.2, -0.15) is 0 Å². The molecule has 1 aliphatic carbocycles. The summed E-state index contributed by atoms with van der Waals surface area (Å²) in [6.07, 6.45) is 10.5. The second-order valence-electron chi connectivity index (χ2n) is 5.67. The van der Waals surface area contributed by atoms with Crippen LogP contribution in [0.1, 0.15) is 65.7 Å². The van der Waals surface area contributed by atoms with Crippen LogP contribution in [0.15, 0.2) is 0 Å². The molecule has 0 heterocycles. The lowest BCUT2D eigenvalue weighted by atomic mass is 9.50. The van der Waals surface area contributed by atoms with E-state index in [1.54, 1.807) is 0 Å². The van der Waals surface area contributed by atoms with Crippen molar-refractivity contribution in [3.05, 3.63) is 0 Å². The first-order chi connectivity index (χ1) is 6.70. The Kier molecular flexibility index (Phi) is 5.66. The summed E-state index contributed by atoms with van der Waals surface area (Å²) in [5.41, 5.74) is 0. The molecule has 0 aromatic heterocycles. The monoisotopic (exact) mass is 194 g/mol. The lowest BCUT2D eigenvalue weighted by Crippen LogP contribution is -2.14. The maximum Gasteiger partial charge on any atom is 0.127 e. The lowest BCUT2D eigenvalue weighted by molar-refractivity contribution is 0.494. The van der Waals surface area contributed by atoms with Gasteiger partial charge in [-0.25, -0.2) is 0 Å². The molecule has 0 nitrogen and oxygen atoms in total.